The van der Waals surface area contributed by atoms with E-state index in [1.165, 1.54) is 18.5 Å². The minimum atomic E-state index is -0.199. The summed E-state index contributed by atoms with van der Waals surface area (Å²) in [4.78, 5) is 28.8. The topological polar surface area (TPSA) is 78.8 Å². The molecule has 0 saturated heterocycles. The Bertz CT molecular complexity index is 1270. The van der Waals surface area contributed by atoms with Crippen molar-refractivity contribution in [1.82, 2.24) is 19.4 Å². The van der Waals surface area contributed by atoms with Gasteiger partial charge in [-0.25, -0.2) is 4.98 Å². The summed E-state index contributed by atoms with van der Waals surface area (Å²) in [6.45, 7) is 2.91. The molecular formula is C28H37N7O2. The summed E-state index contributed by atoms with van der Waals surface area (Å²) in [6, 6.07) is 10.4. The number of likely N-dealkylation sites (N-methyl/N-ethyl adjacent to an activating group) is 1. The van der Waals surface area contributed by atoms with Crippen molar-refractivity contribution < 1.29 is 9.53 Å². The number of aromatic nitrogens is 3. The number of hydrogen-bond acceptors (Lipinski definition) is 7. The molecule has 2 aliphatic rings. The Morgan fingerprint density at radius 2 is 1.97 bits per heavy atom. The highest BCUT2D eigenvalue weighted by atomic mass is 16.5. The van der Waals surface area contributed by atoms with Crippen molar-refractivity contribution in [2.75, 3.05) is 43.4 Å². The second kappa shape index (κ2) is 10.4. The van der Waals surface area contributed by atoms with Gasteiger partial charge in [0.15, 0.2) is 5.82 Å². The lowest BCUT2D eigenvalue weighted by molar-refractivity contribution is -0.120. The van der Waals surface area contributed by atoms with E-state index in [1.807, 2.05) is 19.2 Å². The van der Waals surface area contributed by atoms with Crippen molar-refractivity contribution in [3.8, 4) is 11.4 Å². The van der Waals surface area contributed by atoms with Gasteiger partial charge in [-0.3, -0.25) is 4.79 Å². The van der Waals surface area contributed by atoms with Crippen LogP contribution < -0.4 is 19.9 Å². The molecule has 3 aromatic rings. The number of nitrogens with zero attached hydrogens (tertiary/aromatic N) is 6. The molecule has 1 aliphatic carbocycles. The highest BCUT2D eigenvalue weighted by molar-refractivity contribution is 6.04. The lowest BCUT2D eigenvalue weighted by Gasteiger charge is -2.43. The number of fused-ring (bicyclic) bond motifs is 1. The van der Waals surface area contributed by atoms with Crippen LogP contribution in [0.15, 0.2) is 42.7 Å². The van der Waals surface area contributed by atoms with Crippen molar-refractivity contribution >= 4 is 29.0 Å². The van der Waals surface area contributed by atoms with Gasteiger partial charge in [-0.05, 0) is 57.6 Å². The van der Waals surface area contributed by atoms with Gasteiger partial charge in [0.05, 0.1) is 19.0 Å². The average molecular weight is 504 g/mol. The van der Waals surface area contributed by atoms with E-state index < -0.39 is 0 Å². The molecule has 0 bridgehead atoms. The second-order valence-electron chi connectivity index (χ2n) is 10.2. The van der Waals surface area contributed by atoms with Gasteiger partial charge in [0.2, 0.25) is 11.9 Å². The fraction of sp³-hybridized carbons (Fsp3) is 0.464. The Morgan fingerprint density at radius 1 is 1.19 bits per heavy atom. The number of anilines is 4. The van der Waals surface area contributed by atoms with Crippen molar-refractivity contribution in [3.63, 3.8) is 0 Å². The van der Waals surface area contributed by atoms with E-state index in [9.17, 15) is 4.79 Å². The normalized spacial score (nSPS) is 18.0. The van der Waals surface area contributed by atoms with Crippen LogP contribution >= 0.6 is 0 Å². The maximum Gasteiger partial charge on any atom is 0.249 e. The third-order valence-corrected chi connectivity index (χ3v) is 7.43. The summed E-state index contributed by atoms with van der Waals surface area (Å²) in [5, 5.41) is 3.37. The SMILES string of the molecule is CC[C@@H]1C(=O)N(C)c2cnc(Nc3ccc(-n4cccc4CN(C)C)cc3OC)nc2N1C1CCCC1. The zero-order chi connectivity index (χ0) is 26.1. The van der Waals surface area contributed by atoms with Crippen LogP contribution in [0, 0.1) is 0 Å². The fourth-order valence-electron chi connectivity index (χ4n) is 5.62. The Labute approximate surface area is 219 Å². The molecule has 1 aromatic carbocycles. The third-order valence-electron chi connectivity index (χ3n) is 7.43. The van der Waals surface area contributed by atoms with Crippen LogP contribution in [0.4, 0.5) is 23.1 Å². The molecule has 1 fully saturated rings. The molecule has 9 heteroatoms. The van der Waals surface area contributed by atoms with Gasteiger partial charge in [0.25, 0.3) is 0 Å². The summed E-state index contributed by atoms with van der Waals surface area (Å²) < 4.78 is 7.92. The summed E-state index contributed by atoms with van der Waals surface area (Å²) in [5.41, 5.74) is 3.76. The Morgan fingerprint density at radius 3 is 2.68 bits per heavy atom. The van der Waals surface area contributed by atoms with Gasteiger partial charge < -0.3 is 29.3 Å². The highest BCUT2D eigenvalue weighted by Gasteiger charge is 2.41. The maximum atomic E-state index is 13.1. The summed E-state index contributed by atoms with van der Waals surface area (Å²) >= 11 is 0. The number of nitrogens with one attached hydrogen (secondary N) is 1. The van der Waals surface area contributed by atoms with Gasteiger partial charge in [-0.2, -0.15) is 4.98 Å². The van der Waals surface area contributed by atoms with Crippen molar-refractivity contribution in [3.05, 3.63) is 48.4 Å². The van der Waals surface area contributed by atoms with Gasteiger partial charge in [-0.1, -0.05) is 19.8 Å². The number of ether oxygens (including phenoxy) is 1. The van der Waals surface area contributed by atoms with E-state index >= 15 is 0 Å². The fourth-order valence-corrected chi connectivity index (χ4v) is 5.62. The molecule has 0 radical (unpaired) electrons. The predicted octanol–water partition coefficient (Wildman–Crippen LogP) is 4.59. The lowest BCUT2D eigenvalue weighted by atomic mass is 10.0. The summed E-state index contributed by atoms with van der Waals surface area (Å²) in [7, 11) is 7.62. The zero-order valence-corrected chi connectivity index (χ0v) is 22.4. The second-order valence-corrected chi connectivity index (χ2v) is 10.2. The molecule has 1 aliphatic heterocycles. The Hall–Kier alpha value is -3.59. The highest BCUT2D eigenvalue weighted by Crippen LogP contribution is 2.40. The zero-order valence-electron chi connectivity index (χ0n) is 22.4. The maximum absolute atomic E-state index is 13.1. The molecule has 1 atom stereocenters. The van der Waals surface area contributed by atoms with Crippen LogP contribution in [0.5, 0.6) is 5.75 Å². The number of carbonyl (C=O) groups excluding carboxylic acids is 1. The van der Waals surface area contributed by atoms with Crippen LogP contribution in [0.1, 0.15) is 44.7 Å². The summed E-state index contributed by atoms with van der Waals surface area (Å²) in [5.74, 6) is 2.13. The monoisotopic (exact) mass is 503 g/mol. The molecule has 1 saturated carbocycles. The molecule has 196 valence electrons. The van der Waals surface area contributed by atoms with Crippen molar-refractivity contribution in [1.29, 1.82) is 0 Å². The van der Waals surface area contributed by atoms with E-state index in [0.717, 1.165) is 48.7 Å². The smallest absolute Gasteiger partial charge is 0.249 e. The van der Waals surface area contributed by atoms with E-state index in [2.05, 4.69) is 70.1 Å². The van der Waals surface area contributed by atoms with Crippen LogP contribution in [0.25, 0.3) is 5.69 Å². The molecule has 9 nitrogen and oxygen atoms in total. The molecule has 37 heavy (non-hydrogen) atoms. The van der Waals surface area contributed by atoms with Crippen LogP contribution in [-0.4, -0.2) is 65.7 Å². The number of rotatable bonds is 8. The first kappa shape index (κ1) is 25.1. The number of benzene rings is 1. The first-order valence-electron chi connectivity index (χ1n) is 13.1. The quantitative estimate of drug-likeness (QED) is 0.482. The van der Waals surface area contributed by atoms with Gasteiger partial charge in [0, 0.05) is 43.3 Å². The van der Waals surface area contributed by atoms with E-state index in [1.54, 1.807) is 18.2 Å². The lowest BCUT2D eigenvalue weighted by Crippen LogP contribution is -2.55. The van der Waals surface area contributed by atoms with Crippen molar-refractivity contribution in [2.45, 2.75) is 57.7 Å². The van der Waals surface area contributed by atoms with E-state index in [-0.39, 0.29) is 11.9 Å². The molecule has 2 aromatic heterocycles. The molecule has 0 unspecified atom stereocenters. The van der Waals surface area contributed by atoms with Crippen molar-refractivity contribution in [2.24, 2.45) is 0 Å². The number of hydrogen-bond donors (Lipinski definition) is 1. The minimum absolute atomic E-state index is 0.113. The number of carbonyl (C=O) groups is 1. The first-order valence-corrected chi connectivity index (χ1v) is 13.1. The van der Waals surface area contributed by atoms with Crippen LogP contribution in [-0.2, 0) is 11.3 Å². The van der Waals surface area contributed by atoms with Gasteiger partial charge in [0.1, 0.15) is 17.5 Å². The number of amides is 1. The number of methoxy groups -OCH3 is 1. The average Bonchev–Trinajstić information content (AvgIpc) is 3.58. The standard InChI is InChI=1S/C28H37N7O2/c1-6-23-27(36)33(4)24-17-29-28(31-26(24)35(23)19-10-7-8-11-19)30-22-14-13-20(16-25(22)37-5)34-15-9-12-21(34)18-32(2)3/h9,12-17,19,23H,6-8,10-11,18H2,1-5H3,(H,29,30,31)/t23-/m1/s1. The largest absolute Gasteiger partial charge is 0.494 e. The molecule has 1 N–H and O–H groups in total. The van der Waals surface area contributed by atoms with E-state index in [0.29, 0.717) is 17.7 Å². The predicted molar refractivity (Wildman–Crippen MR) is 147 cm³/mol. The minimum Gasteiger partial charge on any atom is -0.494 e. The third kappa shape index (κ3) is 4.75. The molecule has 3 heterocycles. The molecular weight excluding hydrogens is 466 g/mol. The van der Waals surface area contributed by atoms with Crippen LogP contribution in [0.2, 0.25) is 0 Å². The van der Waals surface area contributed by atoms with E-state index in [4.69, 9.17) is 9.72 Å². The molecule has 0 spiro atoms. The summed E-state index contributed by atoms with van der Waals surface area (Å²) in [6.07, 6.45) is 9.12. The molecule has 5 rings (SSSR count). The van der Waals surface area contributed by atoms with Crippen LogP contribution in [0.3, 0.4) is 0 Å². The Kier molecular flexibility index (Phi) is 7.06. The Balaban J connectivity index is 1.47. The van der Waals surface area contributed by atoms with Gasteiger partial charge >= 0.3 is 0 Å². The molecule has 1 amide bonds. The van der Waals surface area contributed by atoms with Gasteiger partial charge in [-0.15, -0.1) is 0 Å². The first-order chi connectivity index (χ1) is 17.9.